The third kappa shape index (κ3) is 4.70. The first-order valence-electron chi connectivity index (χ1n) is 11.2. The molecule has 3 rings (SSSR count). The van der Waals surface area contributed by atoms with Gasteiger partial charge in [0.05, 0.1) is 17.2 Å². The van der Waals surface area contributed by atoms with Crippen molar-refractivity contribution in [3.63, 3.8) is 0 Å². The zero-order valence-corrected chi connectivity index (χ0v) is 20.6. The van der Waals surface area contributed by atoms with E-state index in [2.05, 4.69) is 110 Å². The molecule has 0 unspecified atom stereocenters. The SMILES string of the molecule is CC(C)c1cccc(C(C)C)c1C1=C[CH+]C(c2c(C(C)C)cccc2C(C)C)=C1.[Cl-]. The van der Waals surface area contributed by atoms with Gasteiger partial charge in [0, 0.05) is 29.2 Å². The maximum atomic E-state index is 2.43. The van der Waals surface area contributed by atoms with E-state index >= 15 is 0 Å². The van der Waals surface area contributed by atoms with E-state index in [0.29, 0.717) is 23.7 Å². The summed E-state index contributed by atoms with van der Waals surface area (Å²) in [6, 6.07) is 13.7. The molecule has 2 aromatic carbocycles. The Morgan fingerprint density at radius 3 is 1.30 bits per heavy atom. The summed E-state index contributed by atoms with van der Waals surface area (Å²) in [6.45, 7) is 18.4. The highest BCUT2D eigenvalue weighted by Crippen LogP contribution is 2.42. The molecule has 0 spiro atoms. The van der Waals surface area contributed by atoms with Gasteiger partial charge in [-0.2, -0.15) is 0 Å². The highest BCUT2D eigenvalue weighted by atomic mass is 35.5. The maximum absolute atomic E-state index is 2.43. The Kier molecular flexibility index (Phi) is 8.06. The van der Waals surface area contributed by atoms with Gasteiger partial charge in [0.1, 0.15) is 5.57 Å². The molecular weight excluding hydrogens is 384 g/mol. The van der Waals surface area contributed by atoms with Gasteiger partial charge in [0.15, 0.2) is 0 Å². The first-order chi connectivity index (χ1) is 13.7. The lowest BCUT2D eigenvalue weighted by Gasteiger charge is -2.17. The molecule has 0 atom stereocenters. The topological polar surface area (TPSA) is 0 Å². The second-order valence-corrected chi connectivity index (χ2v) is 9.63. The van der Waals surface area contributed by atoms with Crippen LogP contribution in [-0.4, -0.2) is 0 Å². The van der Waals surface area contributed by atoms with Crippen LogP contribution in [0.4, 0.5) is 0 Å². The molecule has 0 heterocycles. The molecular formula is C29H37Cl. The fourth-order valence-corrected chi connectivity index (χ4v) is 4.52. The summed E-state index contributed by atoms with van der Waals surface area (Å²) >= 11 is 0. The van der Waals surface area contributed by atoms with Crippen molar-refractivity contribution in [1.82, 2.24) is 0 Å². The molecule has 0 amide bonds. The average Bonchev–Trinajstić information content (AvgIpc) is 3.15. The largest absolute Gasteiger partial charge is 1.00 e. The maximum Gasteiger partial charge on any atom is 0.114 e. The lowest BCUT2D eigenvalue weighted by molar-refractivity contribution is -0.00000635. The van der Waals surface area contributed by atoms with Crippen LogP contribution < -0.4 is 12.4 Å². The van der Waals surface area contributed by atoms with Crippen LogP contribution in [0.2, 0.25) is 0 Å². The van der Waals surface area contributed by atoms with Crippen molar-refractivity contribution in [2.75, 3.05) is 0 Å². The molecule has 1 aliphatic carbocycles. The Balaban J connectivity index is 0.00000320. The normalized spacial score (nSPS) is 13.6. The summed E-state index contributed by atoms with van der Waals surface area (Å²) < 4.78 is 0. The van der Waals surface area contributed by atoms with Crippen molar-refractivity contribution < 1.29 is 12.4 Å². The van der Waals surface area contributed by atoms with Gasteiger partial charge in [0.2, 0.25) is 0 Å². The second kappa shape index (κ2) is 9.92. The molecule has 0 N–H and O–H groups in total. The summed E-state index contributed by atoms with van der Waals surface area (Å²) in [6.07, 6.45) is 7.10. The van der Waals surface area contributed by atoms with Crippen LogP contribution in [0, 0.1) is 6.42 Å². The van der Waals surface area contributed by atoms with Crippen molar-refractivity contribution >= 4 is 11.1 Å². The van der Waals surface area contributed by atoms with E-state index in [9.17, 15) is 0 Å². The number of hydrogen-bond acceptors (Lipinski definition) is 0. The van der Waals surface area contributed by atoms with E-state index < -0.39 is 0 Å². The van der Waals surface area contributed by atoms with Gasteiger partial charge in [-0.05, 0) is 46.9 Å². The highest BCUT2D eigenvalue weighted by molar-refractivity contribution is 5.96. The molecule has 160 valence electrons. The van der Waals surface area contributed by atoms with Gasteiger partial charge in [-0.15, -0.1) is 0 Å². The predicted octanol–water partition coefficient (Wildman–Crippen LogP) is 5.87. The first kappa shape index (κ1) is 24.4. The van der Waals surface area contributed by atoms with E-state index in [1.807, 2.05) is 0 Å². The molecule has 0 aliphatic heterocycles. The van der Waals surface area contributed by atoms with Crippen LogP contribution in [0.15, 0.2) is 48.6 Å². The van der Waals surface area contributed by atoms with Gasteiger partial charge in [-0.3, -0.25) is 0 Å². The third-order valence-corrected chi connectivity index (χ3v) is 6.08. The minimum Gasteiger partial charge on any atom is -1.00 e. The van der Waals surface area contributed by atoms with Crippen LogP contribution >= 0.6 is 0 Å². The third-order valence-electron chi connectivity index (χ3n) is 6.08. The van der Waals surface area contributed by atoms with Gasteiger partial charge in [0.25, 0.3) is 0 Å². The quantitative estimate of drug-likeness (QED) is 0.512. The van der Waals surface area contributed by atoms with Gasteiger partial charge < -0.3 is 12.4 Å². The summed E-state index contributed by atoms with van der Waals surface area (Å²) in [4.78, 5) is 0. The molecule has 0 saturated carbocycles. The van der Waals surface area contributed by atoms with Crippen molar-refractivity contribution in [2.45, 2.75) is 79.1 Å². The Morgan fingerprint density at radius 2 is 0.933 bits per heavy atom. The van der Waals surface area contributed by atoms with Crippen LogP contribution in [0.25, 0.3) is 11.1 Å². The molecule has 0 aromatic heterocycles. The Labute approximate surface area is 190 Å². The van der Waals surface area contributed by atoms with Crippen LogP contribution in [0.1, 0.15) is 112 Å². The first-order valence-corrected chi connectivity index (χ1v) is 11.2. The van der Waals surface area contributed by atoms with Gasteiger partial charge in [-0.25, -0.2) is 0 Å². The lowest BCUT2D eigenvalue weighted by atomic mass is 9.83. The molecule has 0 bridgehead atoms. The molecule has 0 nitrogen and oxygen atoms in total. The fraction of sp³-hybridized carbons (Fsp3) is 0.414. The van der Waals surface area contributed by atoms with E-state index in [4.69, 9.17) is 0 Å². The fourth-order valence-electron chi connectivity index (χ4n) is 4.52. The molecule has 0 fully saturated rings. The number of halogens is 1. The molecule has 1 heteroatoms. The van der Waals surface area contributed by atoms with E-state index in [1.54, 1.807) is 0 Å². The zero-order chi connectivity index (χ0) is 21.3. The summed E-state index contributed by atoms with van der Waals surface area (Å²) in [5.41, 5.74) is 11.4. The molecule has 0 saturated heterocycles. The number of allylic oxidation sites excluding steroid dienone is 4. The van der Waals surface area contributed by atoms with Crippen LogP contribution in [0.5, 0.6) is 0 Å². The Bertz CT molecular complexity index is 886. The second-order valence-electron chi connectivity index (χ2n) is 9.63. The van der Waals surface area contributed by atoms with Crippen molar-refractivity contribution in [1.29, 1.82) is 0 Å². The predicted molar refractivity (Wildman–Crippen MR) is 129 cm³/mol. The van der Waals surface area contributed by atoms with Gasteiger partial charge >= 0.3 is 0 Å². The van der Waals surface area contributed by atoms with Crippen molar-refractivity contribution in [3.05, 3.63) is 88.4 Å². The van der Waals surface area contributed by atoms with E-state index in [-0.39, 0.29) is 12.4 Å². The van der Waals surface area contributed by atoms with E-state index in [1.165, 1.54) is 44.5 Å². The summed E-state index contributed by atoms with van der Waals surface area (Å²) in [5, 5.41) is 0. The van der Waals surface area contributed by atoms with Crippen LogP contribution in [-0.2, 0) is 0 Å². The van der Waals surface area contributed by atoms with Crippen molar-refractivity contribution in [2.24, 2.45) is 0 Å². The number of hydrogen-bond donors (Lipinski definition) is 0. The minimum atomic E-state index is 0. The molecule has 30 heavy (non-hydrogen) atoms. The Morgan fingerprint density at radius 1 is 0.567 bits per heavy atom. The number of rotatable bonds is 6. The zero-order valence-electron chi connectivity index (χ0n) is 19.9. The average molecular weight is 421 g/mol. The number of benzene rings is 2. The Hall–Kier alpha value is -1.92. The monoisotopic (exact) mass is 420 g/mol. The standard InChI is InChI=1S/C29H37.ClH/c1-18(2)24-11-9-12-25(19(3)4)28(24)22-15-16-23(17-22)29-26(20(5)6)13-10-14-27(29)21(7)8;/h9-21H,1-8H3;1H/q+1;/p-1. The van der Waals surface area contributed by atoms with Crippen LogP contribution in [0.3, 0.4) is 0 Å². The van der Waals surface area contributed by atoms with E-state index in [0.717, 1.165) is 0 Å². The molecule has 2 aromatic rings. The molecule has 1 aliphatic rings. The van der Waals surface area contributed by atoms with Gasteiger partial charge in [-0.1, -0.05) is 79.7 Å². The lowest BCUT2D eigenvalue weighted by Crippen LogP contribution is -3.00. The highest BCUT2D eigenvalue weighted by Gasteiger charge is 2.29. The smallest absolute Gasteiger partial charge is 0.114 e. The summed E-state index contributed by atoms with van der Waals surface area (Å²) in [5.74, 6) is 2.04. The molecule has 0 radical (unpaired) electrons. The minimum absolute atomic E-state index is 0. The summed E-state index contributed by atoms with van der Waals surface area (Å²) in [7, 11) is 0. The van der Waals surface area contributed by atoms with Crippen molar-refractivity contribution in [3.8, 4) is 0 Å².